The van der Waals surface area contributed by atoms with Crippen molar-refractivity contribution >= 4 is 23.1 Å². The molecule has 0 bridgehead atoms. The number of rotatable bonds is 2. The maximum atomic E-state index is 14.3. The zero-order valence-corrected chi connectivity index (χ0v) is 15.8. The lowest BCUT2D eigenvalue weighted by atomic mass is 9.94. The zero-order chi connectivity index (χ0) is 20.5. The third-order valence-electron chi connectivity index (χ3n) is 4.31. The van der Waals surface area contributed by atoms with Crippen molar-refractivity contribution in [3.8, 4) is 0 Å². The highest BCUT2D eigenvalue weighted by molar-refractivity contribution is 6.31. The Labute approximate surface area is 168 Å². The second-order valence-electron chi connectivity index (χ2n) is 6.24. The van der Waals surface area contributed by atoms with Crippen LogP contribution in [0.1, 0.15) is 24.2 Å². The molecule has 2 aliphatic heterocycles. The summed E-state index contributed by atoms with van der Waals surface area (Å²) in [5, 5.41) is 0.121. The number of hydrogen-bond acceptors (Lipinski definition) is 6. The summed E-state index contributed by atoms with van der Waals surface area (Å²) in [7, 11) is 0. The maximum absolute atomic E-state index is 14.3. The van der Waals surface area contributed by atoms with Gasteiger partial charge >= 0.3 is 0 Å². The largest absolute Gasteiger partial charge is 0.475 e. The van der Waals surface area contributed by atoms with Crippen LogP contribution in [0.3, 0.4) is 0 Å². The molecule has 150 valence electrons. The Morgan fingerprint density at radius 2 is 1.97 bits per heavy atom. The standard InChI is InChI=1S/C19H14ClF3N4O2/c1-9-15(19-27-29-5-4-28-19)16(12-3-2-10(21)6-13(12)20)26-18(25-9)17-14(23)7-11(22)8-24-17/h2-3,6-8,16,27H,4-5H2,1H3/b19-15+. The second-order valence-corrected chi connectivity index (χ2v) is 6.65. The molecule has 1 saturated heterocycles. The van der Waals surface area contributed by atoms with Crippen molar-refractivity contribution in [2.75, 3.05) is 13.2 Å². The smallest absolute Gasteiger partial charge is 0.218 e. The number of pyridine rings is 1. The van der Waals surface area contributed by atoms with E-state index in [9.17, 15) is 13.2 Å². The maximum Gasteiger partial charge on any atom is 0.218 e. The number of hydroxylamine groups is 1. The molecule has 1 N–H and O–H groups in total. The summed E-state index contributed by atoms with van der Waals surface area (Å²) in [5.41, 5.74) is 3.82. The van der Waals surface area contributed by atoms with Crippen molar-refractivity contribution in [1.82, 2.24) is 10.5 Å². The van der Waals surface area contributed by atoms with Crippen LogP contribution in [0.5, 0.6) is 0 Å². The van der Waals surface area contributed by atoms with Crippen molar-refractivity contribution in [2.24, 2.45) is 9.98 Å². The second kappa shape index (κ2) is 7.84. The van der Waals surface area contributed by atoms with Crippen LogP contribution in [0.2, 0.25) is 5.02 Å². The molecule has 0 radical (unpaired) electrons. The molecule has 0 saturated carbocycles. The highest BCUT2D eigenvalue weighted by Gasteiger charge is 2.32. The number of nitrogens with zero attached hydrogens (tertiary/aromatic N) is 3. The Balaban J connectivity index is 1.89. The van der Waals surface area contributed by atoms with Crippen LogP contribution in [0, 0.1) is 17.5 Å². The van der Waals surface area contributed by atoms with Crippen LogP contribution < -0.4 is 5.48 Å². The summed E-state index contributed by atoms with van der Waals surface area (Å²) in [5.74, 6) is -2.01. The Bertz CT molecular complexity index is 1060. The monoisotopic (exact) mass is 422 g/mol. The van der Waals surface area contributed by atoms with E-state index >= 15 is 0 Å². The quantitative estimate of drug-likeness (QED) is 0.797. The van der Waals surface area contributed by atoms with Gasteiger partial charge in [0.1, 0.15) is 36.6 Å². The molecule has 1 unspecified atom stereocenters. The van der Waals surface area contributed by atoms with Gasteiger partial charge in [-0.2, -0.15) is 0 Å². The first-order valence-corrected chi connectivity index (χ1v) is 8.96. The van der Waals surface area contributed by atoms with Crippen LogP contribution in [0.25, 0.3) is 0 Å². The summed E-state index contributed by atoms with van der Waals surface area (Å²) >= 11 is 6.26. The number of nitrogens with one attached hydrogen (secondary N) is 1. The number of amidine groups is 1. The third-order valence-corrected chi connectivity index (χ3v) is 4.63. The fraction of sp³-hybridized carbons (Fsp3) is 0.211. The topological polar surface area (TPSA) is 68.1 Å². The highest BCUT2D eigenvalue weighted by atomic mass is 35.5. The minimum absolute atomic E-state index is 0.0496. The predicted octanol–water partition coefficient (Wildman–Crippen LogP) is 3.88. The molecule has 0 aliphatic carbocycles. The van der Waals surface area contributed by atoms with E-state index in [1.807, 2.05) is 0 Å². The van der Waals surface area contributed by atoms with Gasteiger partial charge in [-0.05, 0) is 19.1 Å². The molecule has 0 spiro atoms. The fourth-order valence-electron chi connectivity index (χ4n) is 3.03. The molecule has 1 aromatic carbocycles. The molecule has 1 aromatic heterocycles. The Kier molecular flexibility index (Phi) is 5.25. The highest BCUT2D eigenvalue weighted by Crippen LogP contribution is 2.37. The van der Waals surface area contributed by atoms with Crippen LogP contribution in [0.4, 0.5) is 13.2 Å². The van der Waals surface area contributed by atoms with Gasteiger partial charge in [-0.3, -0.25) is 9.83 Å². The Hall–Kier alpha value is -2.91. The van der Waals surface area contributed by atoms with Crippen LogP contribution in [-0.4, -0.2) is 29.7 Å². The summed E-state index contributed by atoms with van der Waals surface area (Å²) in [6, 6.07) is 3.75. The van der Waals surface area contributed by atoms with E-state index < -0.39 is 23.5 Å². The van der Waals surface area contributed by atoms with Gasteiger partial charge < -0.3 is 4.74 Å². The SMILES string of the molecule is CC1=NC(c2ncc(F)cc2F)=NC(c2ccc(F)cc2Cl)/C1=C1\NOCCO1. The van der Waals surface area contributed by atoms with Gasteiger partial charge in [0.2, 0.25) is 5.88 Å². The summed E-state index contributed by atoms with van der Waals surface area (Å²) in [4.78, 5) is 17.8. The van der Waals surface area contributed by atoms with E-state index in [1.54, 1.807) is 6.92 Å². The molecule has 6 nitrogen and oxygen atoms in total. The van der Waals surface area contributed by atoms with Gasteiger partial charge in [-0.25, -0.2) is 28.6 Å². The minimum atomic E-state index is -0.907. The van der Waals surface area contributed by atoms with Gasteiger partial charge in [0.15, 0.2) is 11.7 Å². The molecule has 1 atom stereocenters. The summed E-state index contributed by atoms with van der Waals surface area (Å²) in [6.45, 7) is 2.31. The van der Waals surface area contributed by atoms with Gasteiger partial charge in [0.05, 0.1) is 17.5 Å². The van der Waals surface area contributed by atoms with Crippen LogP contribution in [0.15, 0.2) is 51.9 Å². The zero-order valence-electron chi connectivity index (χ0n) is 15.0. The molecule has 29 heavy (non-hydrogen) atoms. The molecule has 0 amide bonds. The number of halogens is 4. The van der Waals surface area contributed by atoms with E-state index in [2.05, 4.69) is 20.4 Å². The number of aromatic nitrogens is 1. The van der Waals surface area contributed by atoms with Gasteiger partial charge in [-0.15, -0.1) is 0 Å². The number of hydrogen-bond donors (Lipinski definition) is 1. The van der Waals surface area contributed by atoms with E-state index in [1.165, 1.54) is 12.1 Å². The lowest BCUT2D eigenvalue weighted by Gasteiger charge is -2.28. The third kappa shape index (κ3) is 3.83. The lowest BCUT2D eigenvalue weighted by Crippen LogP contribution is -2.31. The van der Waals surface area contributed by atoms with E-state index in [4.69, 9.17) is 21.2 Å². The van der Waals surface area contributed by atoms with E-state index in [0.717, 1.165) is 12.3 Å². The number of benzene rings is 1. The molecular formula is C19H14ClF3N4O2. The predicted molar refractivity (Wildman–Crippen MR) is 100 cm³/mol. The first-order valence-electron chi connectivity index (χ1n) is 8.58. The van der Waals surface area contributed by atoms with Crippen molar-refractivity contribution in [3.63, 3.8) is 0 Å². The fourth-order valence-corrected chi connectivity index (χ4v) is 3.30. The van der Waals surface area contributed by atoms with Crippen molar-refractivity contribution < 1.29 is 22.7 Å². The van der Waals surface area contributed by atoms with Gasteiger partial charge in [0.25, 0.3) is 0 Å². The average molecular weight is 423 g/mol. The molecule has 3 heterocycles. The molecule has 4 rings (SSSR count). The van der Waals surface area contributed by atoms with Crippen molar-refractivity contribution in [1.29, 1.82) is 0 Å². The van der Waals surface area contributed by atoms with Crippen molar-refractivity contribution in [2.45, 2.75) is 13.0 Å². The van der Waals surface area contributed by atoms with Crippen LogP contribution in [-0.2, 0) is 9.57 Å². The van der Waals surface area contributed by atoms with E-state index in [0.29, 0.717) is 36.1 Å². The Morgan fingerprint density at radius 1 is 1.14 bits per heavy atom. The number of aliphatic imine (C=N–C) groups is 2. The molecule has 2 aliphatic rings. The average Bonchev–Trinajstić information content (AvgIpc) is 2.68. The molecule has 10 heteroatoms. The van der Waals surface area contributed by atoms with Crippen LogP contribution >= 0.6 is 11.6 Å². The van der Waals surface area contributed by atoms with Crippen molar-refractivity contribution in [3.05, 3.63) is 75.7 Å². The molecule has 1 fully saturated rings. The number of ether oxygens (including phenoxy) is 1. The Morgan fingerprint density at radius 3 is 2.66 bits per heavy atom. The molecular weight excluding hydrogens is 409 g/mol. The minimum Gasteiger partial charge on any atom is -0.475 e. The van der Waals surface area contributed by atoms with Gasteiger partial charge in [0, 0.05) is 16.7 Å². The summed E-state index contributed by atoms with van der Waals surface area (Å²) < 4.78 is 46.7. The first-order chi connectivity index (χ1) is 13.9. The normalized spacial score (nSPS) is 21.8. The van der Waals surface area contributed by atoms with E-state index in [-0.39, 0.29) is 22.4 Å². The first kappa shape index (κ1) is 19.4. The molecule has 2 aromatic rings. The summed E-state index contributed by atoms with van der Waals surface area (Å²) in [6.07, 6.45) is 0.874. The lowest BCUT2D eigenvalue weighted by molar-refractivity contribution is -0.0586. The van der Waals surface area contributed by atoms with Gasteiger partial charge in [-0.1, -0.05) is 17.7 Å².